The highest BCUT2D eigenvalue weighted by Gasteiger charge is 2.46. The number of carbonyl (C=O) groups excluding carboxylic acids is 1. The van der Waals surface area contributed by atoms with E-state index in [1.165, 1.54) is 89.9 Å². The van der Waals surface area contributed by atoms with Crippen LogP contribution >= 0.6 is 0 Å². The topological polar surface area (TPSA) is 101 Å². The van der Waals surface area contributed by atoms with E-state index in [-0.39, 0.29) is 11.9 Å². The Morgan fingerprint density at radius 3 is 1.10 bits per heavy atom. The van der Waals surface area contributed by atoms with Crippen LogP contribution in [0.3, 0.4) is 0 Å². The summed E-state index contributed by atoms with van der Waals surface area (Å²) in [5.41, 5.74) is 12.1. The molecule has 0 aliphatic carbocycles. The highest BCUT2D eigenvalue weighted by Crippen LogP contribution is 2.46. The fraction of sp³-hybridized carbons (Fsp3) is 0.780. The molecule has 3 N–H and O–H groups in total. The second-order valence-corrected chi connectivity index (χ2v) is 34.0. The Balaban J connectivity index is 1.40. The Hall–Kier alpha value is -2.38. The van der Waals surface area contributed by atoms with E-state index in [4.69, 9.17) is 28.8 Å². The summed E-state index contributed by atoms with van der Waals surface area (Å²) in [6.45, 7) is 35.8. The van der Waals surface area contributed by atoms with E-state index in [1.807, 2.05) is 36.4 Å². The number of benzene rings is 2. The molecule has 0 saturated heterocycles. The molecule has 0 unspecified atom stereocenters. The van der Waals surface area contributed by atoms with Gasteiger partial charge in [-0.2, -0.15) is 0 Å². The van der Waals surface area contributed by atoms with Gasteiger partial charge in [0.25, 0.3) is 0 Å². The first-order valence-electron chi connectivity index (χ1n) is 28.4. The van der Waals surface area contributed by atoms with E-state index in [1.54, 1.807) is 0 Å². The fourth-order valence-corrected chi connectivity index (χ4v) is 22.9. The van der Waals surface area contributed by atoms with Gasteiger partial charge in [0.2, 0.25) is 5.91 Å². The van der Waals surface area contributed by atoms with Crippen LogP contribution in [0.25, 0.3) is 0 Å². The van der Waals surface area contributed by atoms with E-state index in [2.05, 4.69) is 102 Å². The van der Waals surface area contributed by atoms with Crippen LogP contribution in [0.4, 0.5) is 0 Å². The molecule has 1 atom stereocenters. The molecule has 3 rings (SSSR count). The van der Waals surface area contributed by atoms with Crippen LogP contribution in [0.1, 0.15) is 236 Å². The zero-order chi connectivity index (χ0) is 51.0. The number of hydrogen-bond donors (Lipinski definition) is 2. The molecule has 69 heavy (non-hydrogen) atoms. The molecule has 0 bridgehead atoms. The van der Waals surface area contributed by atoms with Gasteiger partial charge in [-0.05, 0) is 95.5 Å². The van der Waals surface area contributed by atoms with Crippen molar-refractivity contribution in [3.8, 4) is 23.0 Å². The second kappa shape index (κ2) is 31.9. The fourth-order valence-electron chi connectivity index (χ4n) is 11.9. The van der Waals surface area contributed by atoms with Gasteiger partial charge in [0.15, 0.2) is 16.6 Å². The predicted molar refractivity (Wildman–Crippen MR) is 298 cm³/mol. The Labute approximate surface area is 426 Å². The summed E-state index contributed by atoms with van der Waals surface area (Å²) < 4.78 is 32.6. The van der Waals surface area contributed by atoms with Gasteiger partial charge in [-0.3, -0.25) is 4.79 Å². The van der Waals surface area contributed by atoms with Crippen LogP contribution in [0.2, 0.25) is 33.2 Å². The summed E-state index contributed by atoms with van der Waals surface area (Å²) in [7, 11) is -3.49. The molecule has 2 aromatic rings. The minimum Gasteiger partial charge on any atom is -0.493 e. The quantitative estimate of drug-likeness (QED) is 0.0510. The van der Waals surface area contributed by atoms with Gasteiger partial charge in [-0.15, -0.1) is 0 Å². The van der Waals surface area contributed by atoms with Crippen molar-refractivity contribution in [2.75, 3.05) is 26.4 Å². The minimum absolute atomic E-state index is 0.159. The number of hydrogen-bond acceptors (Lipinski definition) is 7. The van der Waals surface area contributed by atoms with Crippen LogP contribution in [0.15, 0.2) is 36.4 Å². The molecular weight excluding hydrogens is 889 g/mol. The predicted octanol–water partition coefficient (Wildman–Crippen LogP) is 17.5. The maximum absolute atomic E-state index is 13.4. The number of nitrogens with two attached hydrogens (primary N) is 1. The summed E-state index contributed by atoms with van der Waals surface area (Å²) in [4.78, 5) is 13.4. The summed E-state index contributed by atoms with van der Waals surface area (Å²) in [6.07, 6.45) is 22.8. The van der Waals surface area contributed by atoms with Crippen molar-refractivity contribution in [1.82, 2.24) is 5.32 Å². The SMILES string of the molecule is CC(C)C[C@H](N)C(=O)NC1c2ccc(OCCCCCCCCCCCO[Si](C(C)C)(C(C)C)C(C)C)cc2Oc2cc(OCCCCCCCCCCCO[Si](C(C)C)(C(C)C)C(C)C)ccc21. The molecule has 8 nitrogen and oxygen atoms in total. The van der Waals surface area contributed by atoms with Gasteiger partial charge in [-0.1, -0.05) is 187 Å². The lowest BCUT2D eigenvalue weighted by atomic mass is 9.93. The van der Waals surface area contributed by atoms with E-state index < -0.39 is 22.7 Å². The van der Waals surface area contributed by atoms with E-state index in [0.717, 1.165) is 61.5 Å². The molecular formula is C59H106N2O6Si2. The third kappa shape index (κ3) is 19.2. The molecule has 0 aromatic heterocycles. The Morgan fingerprint density at radius 1 is 0.493 bits per heavy atom. The maximum atomic E-state index is 13.4. The number of amides is 1. The van der Waals surface area contributed by atoms with Gasteiger partial charge in [0, 0.05) is 36.5 Å². The number of ether oxygens (including phenoxy) is 3. The normalized spacial score (nSPS) is 13.8. The molecule has 1 aliphatic heterocycles. The number of nitrogens with one attached hydrogen (secondary N) is 1. The van der Waals surface area contributed by atoms with E-state index >= 15 is 0 Å². The molecule has 396 valence electrons. The number of fused-ring (bicyclic) bond motifs is 2. The highest BCUT2D eigenvalue weighted by molar-refractivity contribution is 6.78. The summed E-state index contributed by atoms with van der Waals surface area (Å²) >= 11 is 0. The van der Waals surface area contributed by atoms with Crippen molar-refractivity contribution >= 4 is 22.5 Å². The van der Waals surface area contributed by atoms with Crippen molar-refractivity contribution in [3.63, 3.8) is 0 Å². The van der Waals surface area contributed by atoms with Crippen molar-refractivity contribution in [1.29, 1.82) is 0 Å². The van der Waals surface area contributed by atoms with Gasteiger partial charge in [0.1, 0.15) is 23.0 Å². The molecule has 0 radical (unpaired) electrons. The Kier molecular flexibility index (Phi) is 28.2. The molecule has 1 heterocycles. The molecule has 0 fully saturated rings. The van der Waals surface area contributed by atoms with E-state index in [9.17, 15) is 4.79 Å². The molecule has 1 aliphatic rings. The maximum Gasteiger partial charge on any atom is 0.237 e. The Morgan fingerprint density at radius 2 is 0.797 bits per heavy atom. The zero-order valence-electron chi connectivity index (χ0n) is 47.0. The summed E-state index contributed by atoms with van der Waals surface area (Å²) in [6, 6.07) is 11.0. The van der Waals surface area contributed by atoms with Gasteiger partial charge < -0.3 is 34.1 Å². The largest absolute Gasteiger partial charge is 0.493 e. The number of rotatable bonds is 38. The third-order valence-corrected chi connectivity index (χ3v) is 27.6. The lowest BCUT2D eigenvalue weighted by molar-refractivity contribution is -0.123. The monoisotopic (exact) mass is 995 g/mol. The van der Waals surface area contributed by atoms with Crippen LogP contribution in [-0.4, -0.2) is 55.0 Å². The first kappa shape index (κ1) is 60.9. The minimum atomic E-state index is -1.74. The second-order valence-electron chi connectivity index (χ2n) is 23.1. The van der Waals surface area contributed by atoms with Gasteiger partial charge in [-0.25, -0.2) is 0 Å². The average Bonchev–Trinajstić information content (AvgIpc) is 3.28. The lowest BCUT2D eigenvalue weighted by Gasteiger charge is -2.42. The number of unbranched alkanes of at least 4 members (excludes halogenated alkanes) is 16. The first-order chi connectivity index (χ1) is 32.9. The van der Waals surface area contributed by atoms with Crippen LogP contribution in [-0.2, 0) is 13.6 Å². The van der Waals surface area contributed by atoms with E-state index in [0.29, 0.717) is 70.3 Å². The van der Waals surface area contributed by atoms with Crippen LogP contribution in [0.5, 0.6) is 23.0 Å². The average molecular weight is 996 g/mol. The molecule has 0 saturated carbocycles. The van der Waals surface area contributed by atoms with Crippen molar-refractivity contribution in [2.24, 2.45) is 11.7 Å². The van der Waals surface area contributed by atoms with Crippen molar-refractivity contribution in [2.45, 2.75) is 264 Å². The summed E-state index contributed by atoms with van der Waals surface area (Å²) in [5, 5.41) is 3.26. The van der Waals surface area contributed by atoms with Crippen LogP contribution in [0, 0.1) is 5.92 Å². The molecule has 0 spiro atoms. The molecule has 2 aromatic carbocycles. The lowest BCUT2D eigenvalue weighted by Crippen LogP contribution is -2.47. The smallest absolute Gasteiger partial charge is 0.237 e. The van der Waals surface area contributed by atoms with Crippen LogP contribution < -0.4 is 25.3 Å². The van der Waals surface area contributed by atoms with Gasteiger partial charge >= 0.3 is 0 Å². The molecule has 1 amide bonds. The molecule has 10 heteroatoms. The van der Waals surface area contributed by atoms with Crippen molar-refractivity contribution < 1.29 is 27.9 Å². The van der Waals surface area contributed by atoms with Crippen molar-refractivity contribution in [3.05, 3.63) is 47.5 Å². The first-order valence-corrected chi connectivity index (χ1v) is 32.7. The standard InChI is InChI=1S/C59H106N2O6Si2/c1-44(2)41-55(60)59(62)61-58-53-35-33-51(63-37-29-25-21-17-15-19-23-27-31-39-65-68(45(3)4,46(5)6)47(7)8)42-56(53)67-57-43-52(34-36-54(57)58)64-38-30-26-22-18-16-20-24-28-32-40-66-69(48(9)10,49(11)12)50(13)14/h33-36,42-50,55,58H,15-32,37-41,60H2,1-14H3,(H,61,62)/t55-/m0/s1. The number of carbonyl (C=O) groups is 1. The van der Waals surface area contributed by atoms with Gasteiger partial charge in [0.05, 0.1) is 25.3 Å². The summed E-state index contributed by atoms with van der Waals surface area (Å²) in [5.74, 6) is 3.09. The zero-order valence-corrected chi connectivity index (χ0v) is 49.0. The third-order valence-electron chi connectivity index (χ3n) is 15.4. The highest BCUT2D eigenvalue weighted by atomic mass is 28.4. The Bertz CT molecular complexity index is 1560.